The van der Waals surface area contributed by atoms with Crippen LogP contribution in [0, 0.1) is 13.8 Å². The predicted molar refractivity (Wildman–Crippen MR) is 84.2 cm³/mol. The van der Waals surface area contributed by atoms with Gasteiger partial charge >= 0.3 is 0 Å². The van der Waals surface area contributed by atoms with Crippen LogP contribution in [0.1, 0.15) is 11.1 Å². The Balaban J connectivity index is 1.74. The molecule has 0 aliphatic carbocycles. The molecule has 0 bridgehead atoms. The predicted octanol–water partition coefficient (Wildman–Crippen LogP) is 3.27. The first-order valence-electron chi connectivity index (χ1n) is 7.13. The fourth-order valence-electron chi connectivity index (χ4n) is 2.13. The van der Waals surface area contributed by atoms with E-state index in [9.17, 15) is 8.42 Å². The van der Waals surface area contributed by atoms with Gasteiger partial charge in [-0.3, -0.25) is 0 Å². The lowest BCUT2D eigenvalue weighted by Crippen LogP contribution is -2.11. The van der Waals surface area contributed by atoms with E-state index < -0.39 is 9.84 Å². The average molecular weight is 318 g/mol. The Kier molecular flexibility index (Phi) is 3.93. The first-order valence-corrected chi connectivity index (χ1v) is 8.79. The third kappa shape index (κ3) is 3.48. The number of sulfone groups is 1. The minimum Gasteiger partial charge on any atom is -0.457 e. The maximum atomic E-state index is 12.1. The summed E-state index contributed by atoms with van der Waals surface area (Å²) in [6.45, 7) is 4.60. The molecular weight excluding hydrogens is 300 g/mol. The van der Waals surface area contributed by atoms with E-state index in [1.54, 1.807) is 24.3 Å². The summed E-state index contributed by atoms with van der Waals surface area (Å²) in [5, 5.41) is 0. The quantitative estimate of drug-likeness (QED) is 0.794. The summed E-state index contributed by atoms with van der Waals surface area (Å²) in [6, 6.07) is 12.4. The van der Waals surface area contributed by atoms with E-state index in [0.717, 1.165) is 11.3 Å². The molecule has 116 valence electrons. The van der Waals surface area contributed by atoms with Crippen LogP contribution in [0.5, 0.6) is 11.5 Å². The Bertz CT molecular complexity index is 775. The highest BCUT2D eigenvalue weighted by molar-refractivity contribution is 7.91. The molecule has 0 amide bonds. The molecule has 4 nitrogen and oxygen atoms in total. The van der Waals surface area contributed by atoms with Crippen molar-refractivity contribution in [2.75, 3.05) is 12.4 Å². The maximum Gasteiger partial charge on any atom is 0.181 e. The average Bonchev–Trinajstić information content (AvgIpc) is 3.27. The number of epoxide rings is 1. The summed E-state index contributed by atoms with van der Waals surface area (Å²) in [4.78, 5) is 0.301. The van der Waals surface area contributed by atoms with Crippen molar-refractivity contribution in [3.63, 3.8) is 0 Å². The SMILES string of the molecule is Cc1ccc(Oc2ccc(S(=O)(=O)CC3CO3)cc2)cc1C. The van der Waals surface area contributed by atoms with Crippen LogP contribution in [0.2, 0.25) is 0 Å². The molecule has 3 rings (SSSR count). The van der Waals surface area contributed by atoms with Crippen molar-refractivity contribution in [1.82, 2.24) is 0 Å². The van der Waals surface area contributed by atoms with Crippen molar-refractivity contribution in [3.8, 4) is 11.5 Å². The van der Waals surface area contributed by atoms with E-state index in [0.29, 0.717) is 17.3 Å². The Labute approximate surface area is 130 Å². The van der Waals surface area contributed by atoms with Crippen molar-refractivity contribution < 1.29 is 17.9 Å². The zero-order chi connectivity index (χ0) is 15.7. The summed E-state index contributed by atoms with van der Waals surface area (Å²) < 4.78 is 35.0. The van der Waals surface area contributed by atoms with Crippen molar-refractivity contribution in [1.29, 1.82) is 0 Å². The Morgan fingerprint density at radius 2 is 1.68 bits per heavy atom. The minimum atomic E-state index is -3.28. The van der Waals surface area contributed by atoms with E-state index in [4.69, 9.17) is 9.47 Å². The zero-order valence-corrected chi connectivity index (χ0v) is 13.4. The van der Waals surface area contributed by atoms with E-state index in [1.165, 1.54) is 5.56 Å². The van der Waals surface area contributed by atoms with Crippen molar-refractivity contribution in [3.05, 3.63) is 53.6 Å². The topological polar surface area (TPSA) is 55.9 Å². The van der Waals surface area contributed by atoms with Gasteiger partial charge in [0.05, 0.1) is 23.4 Å². The molecule has 1 unspecified atom stereocenters. The fourth-order valence-corrected chi connectivity index (χ4v) is 3.56. The Morgan fingerprint density at radius 3 is 2.27 bits per heavy atom. The molecule has 1 heterocycles. The second-order valence-electron chi connectivity index (χ2n) is 5.56. The van der Waals surface area contributed by atoms with Crippen molar-refractivity contribution >= 4 is 9.84 Å². The van der Waals surface area contributed by atoms with Gasteiger partial charge in [0.2, 0.25) is 0 Å². The molecule has 0 saturated carbocycles. The monoisotopic (exact) mass is 318 g/mol. The second-order valence-corrected chi connectivity index (χ2v) is 7.59. The number of ether oxygens (including phenoxy) is 2. The molecule has 1 atom stereocenters. The largest absolute Gasteiger partial charge is 0.457 e. The highest BCUT2D eigenvalue weighted by Gasteiger charge is 2.30. The summed E-state index contributed by atoms with van der Waals surface area (Å²) in [6.07, 6.45) is -0.142. The van der Waals surface area contributed by atoms with Gasteiger partial charge in [-0.25, -0.2) is 8.42 Å². The normalized spacial score (nSPS) is 17.3. The van der Waals surface area contributed by atoms with Crippen LogP contribution in [0.25, 0.3) is 0 Å². The van der Waals surface area contributed by atoms with Gasteiger partial charge in [-0.2, -0.15) is 0 Å². The molecule has 22 heavy (non-hydrogen) atoms. The molecule has 0 N–H and O–H groups in total. The van der Waals surface area contributed by atoms with Gasteiger partial charge in [0.15, 0.2) is 9.84 Å². The molecule has 5 heteroatoms. The molecule has 1 aliphatic heterocycles. The first-order chi connectivity index (χ1) is 10.4. The van der Waals surface area contributed by atoms with E-state index in [1.807, 2.05) is 32.0 Å². The number of aryl methyl sites for hydroxylation is 2. The summed E-state index contributed by atoms with van der Waals surface area (Å²) in [5.41, 5.74) is 2.36. The van der Waals surface area contributed by atoms with Crippen molar-refractivity contribution in [2.45, 2.75) is 24.8 Å². The van der Waals surface area contributed by atoms with Gasteiger partial charge in [0.1, 0.15) is 11.5 Å². The lowest BCUT2D eigenvalue weighted by Gasteiger charge is -2.09. The van der Waals surface area contributed by atoms with E-state index >= 15 is 0 Å². The number of hydrogen-bond donors (Lipinski definition) is 0. The summed E-state index contributed by atoms with van der Waals surface area (Å²) in [7, 11) is -3.28. The van der Waals surface area contributed by atoms with Crippen LogP contribution in [0.15, 0.2) is 47.4 Å². The van der Waals surface area contributed by atoms with Crippen LogP contribution in [-0.2, 0) is 14.6 Å². The standard InChI is InChI=1S/C17H18O4S/c1-12-3-4-15(9-13(12)2)21-14-5-7-17(8-6-14)22(18,19)11-16-10-20-16/h3-9,16H,10-11H2,1-2H3. The van der Waals surface area contributed by atoms with Crippen LogP contribution < -0.4 is 4.74 Å². The molecule has 0 radical (unpaired) electrons. The number of hydrogen-bond acceptors (Lipinski definition) is 4. The third-order valence-corrected chi connectivity index (χ3v) is 5.51. The van der Waals surface area contributed by atoms with Crippen LogP contribution in [-0.4, -0.2) is 26.9 Å². The smallest absolute Gasteiger partial charge is 0.181 e. The highest BCUT2D eigenvalue weighted by Crippen LogP contribution is 2.26. The molecular formula is C17H18O4S. The van der Waals surface area contributed by atoms with Crippen LogP contribution >= 0.6 is 0 Å². The van der Waals surface area contributed by atoms with E-state index in [-0.39, 0.29) is 11.9 Å². The Hall–Kier alpha value is -1.85. The number of benzene rings is 2. The highest BCUT2D eigenvalue weighted by atomic mass is 32.2. The zero-order valence-electron chi connectivity index (χ0n) is 12.6. The van der Waals surface area contributed by atoms with Crippen LogP contribution in [0.4, 0.5) is 0 Å². The lowest BCUT2D eigenvalue weighted by atomic mass is 10.1. The van der Waals surface area contributed by atoms with Gasteiger partial charge < -0.3 is 9.47 Å². The first kappa shape index (κ1) is 15.1. The molecule has 0 aromatic heterocycles. The summed E-state index contributed by atoms with van der Waals surface area (Å²) >= 11 is 0. The Morgan fingerprint density at radius 1 is 1.05 bits per heavy atom. The maximum absolute atomic E-state index is 12.1. The number of rotatable bonds is 5. The molecule has 2 aromatic carbocycles. The van der Waals surface area contributed by atoms with Gasteiger partial charge in [0.25, 0.3) is 0 Å². The minimum absolute atomic E-state index is 0.0460. The molecule has 1 fully saturated rings. The van der Waals surface area contributed by atoms with Gasteiger partial charge in [0, 0.05) is 0 Å². The molecule has 1 aliphatic rings. The van der Waals surface area contributed by atoms with Gasteiger partial charge in [-0.1, -0.05) is 6.07 Å². The van der Waals surface area contributed by atoms with Gasteiger partial charge in [-0.15, -0.1) is 0 Å². The van der Waals surface area contributed by atoms with Gasteiger partial charge in [-0.05, 0) is 61.4 Å². The third-order valence-electron chi connectivity index (χ3n) is 3.70. The van der Waals surface area contributed by atoms with Crippen molar-refractivity contribution in [2.24, 2.45) is 0 Å². The van der Waals surface area contributed by atoms with Crippen LogP contribution in [0.3, 0.4) is 0 Å². The van der Waals surface area contributed by atoms with E-state index in [2.05, 4.69) is 0 Å². The molecule has 1 saturated heterocycles. The lowest BCUT2D eigenvalue weighted by molar-refractivity contribution is 0.422. The summed E-state index contributed by atoms with van der Waals surface area (Å²) in [5.74, 6) is 1.40. The fraction of sp³-hybridized carbons (Fsp3) is 0.294. The second kappa shape index (κ2) is 5.74. The molecule has 2 aromatic rings. The molecule has 0 spiro atoms.